The Kier molecular flexibility index (Phi) is 3.68. The van der Waals surface area contributed by atoms with Gasteiger partial charge in [0.2, 0.25) is 6.10 Å². The maximum Gasteiger partial charge on any atom is 0.400 e. The first-order valence-corrected chi connectivity index (χ1v) is 5.49. The molecule has 1 heterocycles. The maximum absolute atomic E-state index is 11.3. The predicted octanol–water partition coefficient (Wildman–Crippen LogP) is -0.398. The lowest BCUT2D eigenvalue weighted by atomic mass is 10.3. The van der Waals surface area contributed by atoms with Crippen molar-refractivity contribution in [2.45, 2.75) is 25.6 Å². The molecule has 1 saturated heterocycles. The van der Waals surface area contributed by atoms with E-state index in [1.54, 1.807) is 6.92 Å². The van der Waals surface area contributed by atoms with E-state index in [-0.39, 0.29) is 13.0 Å². The van der Waals surface area contributed by atoms with E-state index in [2.05, 4.69) is 14.3 Å². The minimum Gasteiger partial charge on any atom is -0.460 e. The second-order valence-electron chi connectivity index (χ2n) is 2.93. The van der Waals surface area contributed by atoms with Crippen molar-refractivity contribution in [2.75, 3.05) is 6.61 Å². The third-order valence-corrected chi connectivity index (χ3v) is 2.48. The third-order valence-electron chi connectivity index (χ3n) is 1.58. The van der Waals surface area contributed by atoms with Crippen LogP contribution < -0.4 is 0 Å². The molecule has 0 aromatic rings. The summed E-state index contributed by atoms with van der Waals surface area (Å²) in [4.78, 5) is 11.3. The van der Waals surface area contributed by atoms with E-state index in [0.29, 0.717) is 0 Å². The van der Waals surface area contributed by atoms with Gasteiger partial charge in [0.15, 0.2) is 0 Å². The number of terminal acetylenes is 1. The summed E-state index contributed by atoms with van der Waals surface area (Å²) in [5.41, 5.74) is 0. The molecule has 1 aliphatic heterocycles. The molecule has 0 aromatic carbocycles. The molecule has 0 aliphatic carbocycles. The second-order valence-corrected chi connectivity index (χ2v) is 4.18. The first-order valence-electron chi connectivity index (χ1n) is 4.16. The zero-order valence-electron chi connectivity index (χ0n) is 8.00. The highest BCUT2D eigenvalue weighted by molar-refractivity contribution is 7.82. The lowest BCUT2D eigenvalue weighted by Crippen LogP contribution is -2.28. The van der Waals surface area contributed by atoms with Gasteiger partial charge < -0.3 is 4.74 Å². The minimum atomic E-state index is -4.03. The summed E-state index contributed by atoms with van der Waals surface area (Å²) in [6.45, 7) is 1.24. The molecule has 7 heteroatoms. The molecule has 2 unspecified atom stereocenters. The van der Waals surface area contributed by atoms with Gasteiger partial charge in [-0.1, -0.05) is 0 Å². The van der Waals surface area contributed by atoms with E-state index in [0.717, 1.165) is 0 Å². The monoisotopic (exact) mass is 234 g/mol. The van der Waals surface area contributed by atoms with Crippen LogP contribution in [0.5, 0.6) is 0 Å². The summed E-state index contributed by atoms with van der Waals surface area (Å²) in [6.07, 6.45) is 3.56. The molecule has 15 heavy (non-hydrogen) atoms. The summed E-state index contributed by atoms with van der Waals surface area (Å²) in [6, 6.07) is 0. The lowest BCUT2D eigenvalue weighted by Gasteiger charge is -2.11. The third kappa shape index (κ3) is 3.51. The Balaban J connectivity index is 2.46. The standard InChI is InChI=1S/C8H10O6S/c1-3-4-6(2)13-8(9)7-5-12-15(10,11)14-7/h1,6-7H,4-5H2,2H3. The van der Waals surface area contributed by atoms with Gasteiger partial charge >= 0.3 is 16.4 Å². The number of ether oxygens (including phenoxy) is 1. The molecule has 6 nitrogen and oxygen atoms in total. The average molecular weight is 234 g/mol. The van der Waals surface area contributed by atoms with Gasteiger partial charge in [-0.05, 0) is 6.92 Å². The van der Waals surface area contributed by atoms with Crippen molar-refractivity contribution in [1.82, 2.24) is 0 Å². The molecule has 0 radical (unpaired) electrons. The van der Waals surface area contributed by atoms with Crippen LogP contribution in [-0.4, -0.2) is 33.2 Å². The van der Waals surface area contributed by atoms with E-state index >= 15 is 0 Å². The number of carbonyl (C=O) groups excluding carboxylic acids is 1. The van der Waals surface area contributed by atoms with Crippen LogP contribution in [-0.2, 0) is 28.3 Å². The van der Waals surface area contributed by atoms with Crippen LogP contribution >= 0.6 is 0 Å². The van der Waals surface area contributed by atoms with Crippen molar-refractivity contribution in [1.29, 1.82) is 0 Å². The molecule has 0 N–H and O–H groups in total. The normalized spacial score (nSPS) is 25.5. The molecule has 1 aliphatic rings. The Hall–Kier alpha value is -1.10. The molecule has 0 spiro atoms. The van der Waals surface area contributed by atoms with Crippen molar-refractivity contribution < 1.29 is 26.3 Å². The first-order chi connectivity index (χ1) is 6.94. The Labute approximate surface area is 87.8 Å². The molecular weight excluding hydrogens is 224 g/mol. The summed E-state index contributed by atoms with van der Waals surface area (Å²) in [7, 11) is -4.03. The van der Waals surface area contributed by atoms with Crippen molar-refractivity contribution in [2.24, 2.45) is 0 Å². The van der Waals surface area contributed by atoms with Crippen LogP contribution in [0.15, 0.2) is 0 Å². The SMILES string of the molecule is C#CCC(C)OC(=O)C1COS(=O)(=O)O1. The first kappa shape index (κ1) is 12.0. The number of hydrogen-bond acceptors (Lipinski definition) is 6. The topological polar surface area (TPSA) is 78.9 Å². The molecule has 0 aromatic heterocycles. The van der Waals surface area contributed by atoms with Crippen LogP contribution in [0, 0.1) is 12.3 Å². The Morgan fingerprint density at radius 3 is 2.87 bits per heavy atom. The number of hydrogen-bond donors (Lipinski definition) is 0. The van der Waals surface area contributed by atoms with Crippen molar-refractivity contribution >= 4 is 16.4 Å². The van der Waals surface area contributed by atoms with E-state index in [4.69, 9.17) is 11.2 Å². The van der Waals surface area contributed by atoms with Gasteiger partial charge in [0.05, 0.1) is 0 Å². The van der Waals surface area contributed by atoms with Crippen LogP contribution in [0.2, 0.25) is 0 Å². The summed E-state index contributed by atoms with van der Waals surface area (Å²) < 4.78 is 34.7. The van der Waals surface area contributed by atoms with Crippen molar-refractivity contribution in [3.05, 3.63) is 0 Å². The van der Waals surface area contributed by atoms with Crippen LogP contribution in [0.25, 0.3) is 0 Å². The van der Waals surface area contributed by atoms with Gasteiger partial charge in [-0.2, -0.15) is 8.42 Å². The van der Waals surface area contributed by atoms with Crippen molar-refractivity contribution in [3.63, 3.8) is 0 Å². The van der Waals surface area contributed by atoms with Crippen molar-refractivity contribution in [3.8, 4) is 12.3 Å². The zero-order valence-corrected chi connectivity index (χ0v) is 8.82. The summed E-state index contributed by atoms with van der Waals surface area (Å²) >= 11 is 0. The molecule has 0 saturated carbocycles. The Bertz CT molecular complexity index is 378. The molecule has 0 amide bonds. The Morgan fingerprint density at radius 1 is 1.73 bits per heavy atom. The number of rotatable bonds is 3. The fourth-order valence-corrected chi connectivity index (χ4v) is 1.70. The average Bonchev–Trinajstić information content (AvgIpc) is 2.46. The molecule has 1 fully saturated rings. The zero-order chi connectivity index (χ0) is 11.5. The smallest absolute Gasteiger partial charge is 0.400 e. The summed E-state index contributed by atoms with van der Waals surface area (Å²) in [5, 5.41) is 0. The molecule has 84 valence electrons. The van der Waals surface area contributed by atoms with Gasteiger partial charge in [0.1, 0.15) is 12.7 Å². The van der Waals surface area contributed by atoms with E-state index in [9.17, 15) is 13.2 Å². The Morgan fingerprint density at radius 2 is 2.40 bits per heavy atom. The fraction of sp³-hybridized carbons (Fsp3) is 0.625. The predicted molar refractivity (Wildman–Crippen MR) is 48.7 cm³/mol. The molecule has 2 atom stereocenters. The highest BCUT2D eigenvalue weighted by atomic mass is 32.3. The highest BCUT2D eigenvalue weighted by Crippen LogP contribution is 2.14. The molecular formula is C8H10O6S. The highest BCUT2D eigenvalue weighted by Gasteiger charge is 2.37. The second kappa shape index (κ2) is 4.61. The van der Waals surface area contributed by atoms with E-state index in [1.807, 2.05) is 0 Å². The maximum atomic E-state index is 11.3. The molecule has 0 bridgehead atoms. The quantitative estimate of drug-likeness (QED) is 0.488. The van der Waals surface area contributed by atoms with Crippen LogP contribution in [0.1, 0.15) is 13.3 Å². The van der Waals surface area contributed by atoms with Gasteiger partial charge in [-0.15, -0.1) is 12.3 Å². The van der Waals surface area contributed by atoms with Gasteiger partial charge in [0, 0.05) is 6.42 Å². The lowest BCUT2D eigenvalue weighted by molar-refractivity contribution is -0.155. The van der Waals surface area contributed by atoms with E-state index < -0.39 is 28.6 Å². The summed E-state index contributed by atoms with van der Waals surface area (Å²) in [5.74, 6) is 1.52. The fourth-order valence-electron chi connectivity index (χ4n) is 0.932. The minimum absolute atomic E-state index is 0.256. The largest absolute Gasteiger partial charge is 0.460 e. The molecule has 1 rings (SSSR count). The van der Waals surface area contributed by atoms with E-state index in [1.165, 1.54) is 0 Å². The number of carbonyl (C=O) groups is 1. The number of esters is 1. The van der Waals surface area contributed by atoms with Gasteiger partial charge in [-0.25, -0.2) is 13.2 Å². The van der Waals surface area contributed by atoms with Gasteiger partial charge in [0.25, 0.3) is 0 Å². The van der Waals surface area contributed by atoms with Crippen LogP contribution in [0.4, 0.5) is 0 Å². The van der Waals surface area contributed by atoms with Crippen LogP contribution in [0.3, 0.4) is 0 Å². The van der Waals surface area contributed by atoms with Gasteiger partial charge in [-0.3, -0.25) is 0 Å².